The molecule has 0 saturated carbocycles. The number of ether oxygens (including phenoxy) is 1. The van der Waals surface area contributed by atoms with Crippen LogP contribution in [-0.2, 0) is 9.59 Å². The average Bonchev–Trinajstić information content (AvgIpc) is 2.95. The molecule has 7 heteroatoms. The molecule has 1 atom stereocenters. The number of aromatic hydroxyl groups is 1. The van der Waals surface area contributed by atoms with Gasteiger partial charge in [0.05, 0.1) is 23.7 Å². The van der Waals surface area contributed by atoms with E-state index >= 15 is 0 Å². The van der Waals surface area contributed by atoms with Crippen molar-refractivity contribution in [1.82, 2.24) is 4.90 Å². The Morgan fingerprint density at radius 3 is 2.43 bits per heavy atom. The Balaban J connectivity index is 2.17. The lowest BCUT2D eigenvalue weighted by atomic mass is 9.95. The van der Waals surface area contributed by atoms with Crippen molar-refractivity contribution in [2.75, 3.05) is 13.7 Å². The maximum absolute atomic E-state index is 12.7. The number of rotatable bonds is 5. The predicted octanol–water partition coefficient (Wildman–Crippen LogP) is 3.89. The first-order valence-electron chi connectivity index (χ1n) is 8.80. The second kappa shape index (κ2) is 7.94. The molecule has 1 fully saturated rings. The topological polar surface area (TPSA) is 87.1 Å². The van der Waals surface area contributed by atoms with E-state index in [1.165, 1.54) is 24.1 Å². The third-order valence-electron chi connectivity index (χ3n) is 4.66. The number of aliphatic hydroxyl groups excluding tert-OH is 1. The van der Waals surface area contributed by atoms with Gasteiger partial charge in [0, 0.05) is 12.1 Å². The highest BCUT2D eigenvalue weighted by molar-refractivity contribution is 6.46. The number of amides is 1. The van der Waals surface area contributed by atoms with E-state index in [0.29, 0.717) is 29.8 Å². The van der Waals surface area contributed by atoms with Crippen molar-refractivity contribution in [3.05, 3.63) is 64.2 Å². The summed E-state index contributed by atoms with van der Waals surface area (Å²) in [6, 6.07) is 10.2. The highest BCUT2D eigenvalue weighted by Crippen LogP contribution is 2.41. The Hall–Kier alpha value is -2.99. The number of hydrogen-bond acceptors (Lipinski definition) is 5. The van der Waals surface area contributed by atoms with Gasteiger partial charge in [-0.2, -0.15) is 0 Å². The van der Waals surface area contributed by atoms with Gasteiger partial charge in [0.15, 0.2) is 0 Å². The molecule has 0 bridgehead atoms. The molecule has 0 radical (unpaired) electrons. The summed E-state index contributed by atoms with van der Waals surface area (Å²) < 4.78 is 5.11. The molecular weight excluding hydrogens is 382 g/mol. The number of carbonyl (C=O) groups is 2. The van der Waals surface area contributed by atoms with Gasteiger partial charge in [0.2, 0.25) is 0 Å². The maximum Gasteiger partial charge on any atom is 0.295 e. The van der Waals surface area contributed by atoms with E-state index in [2.05, 4.69) is 0 Å². The summed E-state index contributed by atoms with van der Waals surface area (Å²) in [5, 5.41) is 20.7. The predicted molar refractivity (Wildman–Crippen MR) is 105 cm³/mol. The molecule has 1 heterocycles. The van der Waals surface area contributed by atoms with E-state index in [-0.39, 0.29) is 22.1 Å². The Morgan fingerprint density at radius 1 is 1.18 bits per heavy atom. The lowest BCUT2D eigenvalue weighted by Crippen LogP contribution is -2.30. The molecule has 0 aromatic heterocycles. The minimum Gasteiger partial charge on any atom is -0.507 e. The Bertz CT molecular complexity index is 952. The highest BCUT2D eigenvalue weighted by Gasteiger charge is 2.45. The van der Waals surface area contributed by atoms with Crippen LogP contribution in [0, 0.1) is 0 Å². The fourth-order valence-corrected chi connectivity index (χ4v) is 3.48. The molecule has 1 aliphatic heterocycles. The minimum atomic E-state index is -0.792. The fourth-order valence-electron chi connectivity index (χ4n) is 3.30. The smallest absolute Gasteiger partial charge is 0.295 e. The molecule has 2 aromatic rings. The molecule has 1 unspecified atom stereocenters. The van der Waals surface area contributed by atoms with Crippen LogP contribution < -0.4 is 4.74 Å². The summed E-state index contributed by atoms with van der Waals surface area (Å²) in [6.07, 6.45) is 0.637. The highest BCUT2D eigenvalue weighted by atomic mass is 35.5. The number of aliphatic hydroxyl groups is 1. The van der Waals surface area contributed by atoms with Crippen molar-refractivity contribution in [2.45, 2.75) is 19.4 Å². The molecule has 0 spiro atoms. The van der Waals surface area contributed by atoms with Crippen LogP contribution in [0.2, 0.25) is 5.02 Å². The van der Waals surface area contributed by atoms with Crippen LogP contribution in [0.4, 0.5) is 0 Å². The first-order valence-corrected chi connectivity index (χ1v) is 9.18. The number of methoxy groups -OCH3 is 1. The molecule has 1 aliphatic rings. The zero-order valence-corrected chi connectivity index (χ0v) is 16.2. The van der Waals surface area contributed by atoms with Crippen molar-refractivity contribution in [3.63, 3.8) is 0 Å². The first-order chi connectivity index (χ1) is 13.4. The molecule has 28 heavy (non-hydrogen) atoms. The van der Waals surface area contributed by atoms with E-state index in [4.69, 9.17) is 16.3 Å². The number of hydrogen-bond donors (Lipinski definition) is 2. The Morgan fingerprint density at radius 2 is 1.86 bits per heavy atom. The largest absolute Gasteiger partial charge is 0.507 e. The standard InChI is InChI=1S/C21H20ClNO5/c1-3-10-23-18(13-6-9-16(24)15(22)11-13)17(20(26)21(23)27)19(25)12-4-7-14(28-2)8-5-12/h4-9,11,18,24-25H,3,10H2,1-2H3/b19-17-. The second-order valence-electron chi connectivity index (χ2n) is 6.43. The van der Waals surface area contributed by atoms with Crippen LogP contribution >= 0.6 is 11.6 Å². The summed E-state index contributed by atoms with van der Waals surface area (Å²) >= 11 is 6.04. The van der Waals surface area contributed by atoms with E-state index in [0.717, 1.165) is 0 Å². The summed E-state index contributed by atoms with van der Waals surface area (Å²) in [5.41, 5.74) is 0.918. The number of carbonyl (C=O) groups excluding carboxylic acids is 2. The lowest BCUT2D eigenvalue weighted by molar-refractivity contribution is -0.139. The van der Waals surface area contributed by atoms with Crippen molar-refractivity contribution in [1.29, 1.82) is 0 Å². The number of Topliss-reactive ketones (excluding diaryl/α,β-unsaturated/α-hetero) is 1. The number of phenols is 1. The summed E-state index contributed by atoms with van der Waals surface area (Å²) in [7, 11) is 1.53. The van der Waals surface area contributed by atoms with Crippen LogP contribution in [0.1, 0.15) is 30.5 Å². The molecule has 0 aliphatic carbocycles. The first kappa shape index (κ1) is 19.8. The Labute approximate surface area is 167 Å². The number of likely N-dealkylation sites (tertiary alicyclic amines) is 1. The third-order valence-corrected chi connectivity index (χ3v) is 4.96. The minimum absolute atomic E-state index is 0.00891. The molecule has 2 N–H and O–H groups in total. The van der Waals surface area contributed by atoms with E-state index in [9.17, 15) is 19.8 Å². The fraction of sp³-hybridized carbons (Fsp3) is 0.238. The number of phenolic OH excluding ortho intramolecular Hbond substituents is 1. The van der Waals surface area contributed by atoms with Gasteiger partial charge < -0.3 is 19.8 Å². The molecule has 2 aromatic carbocycles. The normalized spacial score (nSPS) is 18.5. The lowest BCUT2D eigenvalue weighted by Gasteiger charge is -2.25. The van der Waals surface area contributed by atoms with Crippen molar-refractivity contribution in [3.8, 4) is 11.5 Å². The van der Waals surface area contributed by atoms with Gasteiger partial charge in [-0.15, -0.1) is 0 Å². The second-order valence-corrected chi connectivity index (χ2v) is 6.84. The SMILES string of the molecule is CCCN1C(=O)C(=O)/C(=C(\O)c2ccc(OC)cc2)C1c1ccc(O)c(Cl)c1. The van der Waals surface area contributed by atoms with Gasteiger partial charge in [-0.25, -0.2) is 0 Å². The maximum atomic E-state index is 12.7. The molecular formula is C21H20ClNO5. The van der Waals surface area contributed by atoms with E-state index in [1.807, 2.05) is 6.92 Å². The number of benzene rings is 2. The molecule has 6 nitrogen and oxygen atoms in total. The van der Waals surface area contributed by atoms with Crippen molar-refractivity contribution < 1.29 is 24.5 Å². The number of halogens is 1. The van der Waals surface area contributed by atoms with Gasteiger partial charge >= 0.3 is 0 Å². The van der Waals surface area contributed by atoms with Crippen LogP contribution in [0.15, 0.2) is 48.0 Å². The quantitative estimate of drug-likeness (QED) is 0.451. The molecule has 1 amide bonds. The van der Waals surface area contributed by atoms with Crippen LogP contribution in [0.5, 0.6) is 11.5 Å². The summed E-state index contributed by atoms with van der Waals surface area (Å²) in [5.74, 6) is -1.20. The van der Waals surface area contributed by atoms with Crippen LogP contribution in [0.3, 0.4) is 0 Å². The van der Waals surface area contributed by atoms with Crippen molar-refractivity contribution in [2.24, 2.45) is 0 Å². The monoisotopic (exact) mass is 401 g/mol. The van der Waals surface area contributed by atoms with Crippen LogP contribution in [-0.4, -0.2) is 40.5 Å². The zero-order valence-electron chi connectivity index (χ0n) is 15.5. The van der Waals surface area contributed by atoms with Crippen LogP contribution in [0.25, 0.3) is 5.76 Å². The van der Waals surface area contributed by atoms with Gasteiger partial charge in [-0.05, 0) is 48.4 Å². The van der Waals surface area contributed by atoms with E-state index < -0.39 is 17.7 Å². The van der Waals surface area contributed by atoms with Gasteiger partial charge in [0.1, 0.15) is 17.3 Å². The number of nitrogens with zero attached hydrogens (tertiary/aromatic N) is 1. The molecule has 1 saturated heterocycles. The summed E-state index contributed by atoms with van der Waals surface area (Å²) in [4.78, 5) is 26.8. The third kappa shape index (κ3) is 3.43. The van der Waals surface area contributed by atoms with Gasteiger partial charge in [-0.3, -0.25) is 9.59 Å². The zero-order chi connectivity index (χ0) is 20.4. The number of ketones is 1. The van der Waals surface area contributed by atoms with Gasteiger partial charge in [-0.1, -0.05) is 24.6 Å². The molecule has 3 rings (SSSR count). The summed E-state index contributed by atoms with van der Waals surface area (Å²) in [6.45, 7) is 2.23. The Kier molecular flexibility index (Phi) is 5.61. The van der Waals surface area contributed by atoms with Gasteiger partial charge in [0.25, 0.3) is 11.7 Å². The molecule has 146 valence electrons. The van der Waals surface area contributed by atoms with Crippen molar-refractivity contribution >= 4 is 29.1 Å². The van der Waals surface area contributed by atoms with E-state index in [1.54, 1.807) is 30.3 Å². The average molecular weight is 402 g/mol.